The van der Waals surface area contributed by atoms with Crippen molar-refractivity contribution in [3.63, 3.8) is 0 Å². The first-order valence-electron chi connectivity index (χ1n) is 7.99. The van der Waals surface area contributed by atoms with Crippen molar-refractivity contribution in [1.82, 2.24) is 0 Å². The Labute approximate surface area is 139 Å². The highest BCUT2D eigenvalue weighted by atomic mass is 16.3. The quantitative estimate of drug-likeness (QED) is 0.860. The predicted octanol–water partition coefficient (Wildman–Crippen LogP) is 3.67. The summed E-state index contributed by atoms with van der Waals surface area (Å²) in [4.78, 5) is 25.8. The zero-order valence-electron chi connectivity index (χ0n) is 13.0. The zero-order chi connectivity index (χ0) is 16.7. The predicted molar refractivity (Wildman–Crippen MR) is 90.8 cm³/mol. The van der Waals surface area contributed by atoms with Crippen LogP contribution in [0.2, 0.25) is 0 Å². The number of Topliss-reactive ketones (excluding diaryl/α,β-unsaturated/α-hetero) is 2. The molecule has 2 aliphatic carbocycles. The van der Waals surface area contributed by atoms with Crippen LogP contribution in [0.4, 0.5) is 0 Å². The molecule has 0 saturated carbocycles. The third-order valence-corrected chi connectivity index (χ3v) is 4.74. The smallest absolute Gasteiger partial charge is 0.190 e. The Kier molecular flexibility index (Phi) is 3.51. The lowest BCUT2D eigenvalue weighted by Crippen LogP contribution is -2.30. The molecule has 2 aromatic rings. The first-order chi connectivity index (χ1) is 11.7. The van der Waals surface area contributed by atoms with Gasteiger partial charge < -0.3 is 5.11 Å². The Morgan fingerprint density at radius 2 is 1.50 bits per heavy atom. The minimum absolute atomic E-state index is 0.102. The molecule has 3 nitrogen and oxygen atoms in total. The van der Waals surface area contributed by atoms with Gasteiger partial charge in [0.15, 0.2) is 11.6 Å². The van der Waals surface area contributed by atoms with E-state index in [0.717, 1.165) is 5.56 Å². The molecule has 24 heavy (non-hydrogen) atoms. The molecule has 0 heterocycles. The zero-order valence-corrected chi connectivity index (χ0v) is 13.0. The maximum atomic E-state index is 13.0. The van der Waals surface area contributed by atoms with E-state index in [2.05, 4.69) is 0 Å². The van der Waals surface area contributed by atoms with Crippen LogP contribution in [0.1, 0.15) is 38.8 Å². The number of hydrogen-bond acceptors (Lipinski definition) is 3. The van der Waals surface area contributed by atoms with Gasteiger partial charge in [-0.05, 0) is 12.0 Å². The van der Waals surface area contributed by atoms with Crippen LogP contribution in [0, 0.1) is 5.92 Å². The van der Waals surface area contributed by atoms with Gasteiger partial charge in [-0.3, -0.25) is 9.59 Å². The summed E-state index contributed by atoms with van der Waals surface area (Å²) in [5, 5.41) is 10.8. The van der Waals surface area contributed by atoms with Gasteiger partial charge in [-0.25, -0.2) is 0 Å². The Hall–Kier alpha value is -2.78. The second-order valence-corrected chi connectivity index (χ2v) is 6.11. The van der Waals surface area contributed by atoms with E-state index in [0.29, 0.717) is 28.7 Å². The van der Waals surface area contributed by atoms with Crippen molar-refractivity contribution in [2.45, 2.75) is 12.5 Å². The number of aliphatic hydroxyl groups excluding tert-OH is 1. The topological polar surface area (TPSA) is 54.4 Å². The van der Waals surface area contributed by atoms with Gasteiger partial charge in [0.1, 0.15) is 0 Å². The molecule has 0 fully saturated rings. The van der Waals surface area contributed by atoms with E-state index in [-0.39, 0.29) is 11.6 Å². The number of benzene rings is 2. The van der Waals surface area contributed by atoms with Crippen molar-refractivity contribution in [3.8, 4) is 0 Å². The average molecular weight is 316 g/mol. The van der Waals surface area contributed by atoms with Gasteiger partial charge in [-0.15, -0.1) is 0 Å². The van der Waals surface area contributed by atoms with Crippen molar-refractivity contribution >= 4 is 11.6 Å². The summed E-state index contributed by atoms with van der Waals surface area (Å²) in [5.41, 5.74) is 2.59. The van der Waals surface area contributed by atoms with E-state index >= 15 is 0 Å². The van der Waals surface area contributed by atoms with E-state index in [1.807, 2.05) is 42.5 Å². The minimum atomic E-state index is -0.852. The van der Waals surface area contributed by atoms with E-state index < -0.39 is 12.0 Å². The normalized spacial score (nSPS) is 20.6. The summed E-state index contributed by atoms with van der Waals surface area (Å²) in [6.07, 6.45) is 3.30. The summed E-state index contributed by atoms with van der Waals surface area (Å²) in [7, 11) is 0. The molecule has 118 valence electrons. The molecule has 0 bridgehead atoms. The lowest BCUT2D eigenvalue weighted by Gasteiger charge is -2.30. The van der Waals surface area contributed by atoms with Crippen LogP contribution in [0.15, 0.2) is 77.9 Å². The monoisotopic (exact) mass is 316 g/mol. The molecule has 0 aliphatic heterocycles. The first kappa shape index (κ1) is 14.8. The molecule has 0 unspecified atom stereocenters. The van der Waals surface area contributed by atoms with E-state index in [9.17, 15) is 14.7 Å². The number of ketones is 2. The fourth-order valence-corrected chi connectivity index (χ4v) is 3.55. The highest BCUT2D eigenvalue weighted by molar-refractivity contribution is 6.27. The molecule has 0 amide bonds. The second-order valence-electron chi connectivity index (χ2n) is 6.11. The largest absolute Gasteiger partial charge is 0.387 e. The highest BCUT2D eigenvalue weighted by Crippen LogP contribution is 2.40. The van der Waals surface area contributed by atoms with Gasteiger partial charge in [0.25, 0.3) is 0 Å². The number of hydrogen-bond donors (Lipinski definition) is 1. The standard InChI is InChI=1S/C21H16O3/c22-19(13-7-2-1-3-8-13)16-11-6-12-17-18(16)21(24)15-10-5-4-9-14(15)20(17)23/h1-11,16,19,22H,12H2/t16-,19-/m0/s1. The molecule has 0 saturated heterocycles. The van der Waals surface area contributed by atoms with Crippen molar-refractivity contribution in [1.29, 1.82) is 0 Å². The van der Waals surface area contributed by atoms with Gasteiger partial charge in [0.2, 0.25) is 0 Å². The minimum Gasteiger partial charge on any atom is -0.387 e. The Balaban J connectivity index is 1.82. The first-order valence-corrected chi connectivity index (χ1v) is 7.99. The molecular formula is C21H16O3. The second kappa shape index (κ2) is 5.69. The van der Waals surface area contributed by atoms with Crippen molar-refractivity contribution in [3.05, 3.63) is 94.6 Å². The maximum absolute atomic E-state index is 13.0. The van der Waals surface area contributed by atoms with Gasteiger partial charge in [-0.2, -0.15) is 0 Å². The molecule has 2 atom stereocenters. The van der Waals surface area contributed by atoms with Crippen LogP contribution in [0.3, 0.4) is 0 Å². The molecule has 3 heteroatoms. The third-order valence-electron chi connectivity index (χ3n) is 4.74. The van der Waals surface area contributed by atoms with E-state index in [1.165, 1.54) is 0 Å². The average Bonchev–Trinajstić information content (AvgIpc) is 2.65. The molecular weight excluding hydrogens is 300 g/mol. The molecule has 1 N–H and O–H groups in total. The van der Waals surface area contributed by atoms with Crippen LogP contribution in [-0.4, -0.2) is 16.7 Å². The molecule has 0 radical (unpaired) electrons. The van der Waals surface area contributed by atoms with Crippen LogP contribution in [0.5, 0.6) is 0 Å². The van der Waals surface area contributed by atoms with Gasteiger partial charge in [0, 0.05) is 28.2 Å². The molecule has 0 aromatic heterocycles. The molecule has 2 aromatic carbocycles. The van der Waals surface area contributed by atoms with Crippen LogP contribution >= 0.6 is 0 Å². The summed E-state index contributed by atoms with van der Waals surface area (Å²) in [5.74, 6) is -0.750. The number of fused-ring (bicyclic) bond motifs is 1. The van der Waals surface area contributed by atoms with Gasteiger partial charge in [0.05, 0.1) is 6.10 Å². The number of carbonyl (C=O) groups excluding carboxylic acids is 2. The van der Waals surface area contributed by atoms with Crippen molar-refractivity contribution in [2.24, 2.45) is 5.92 Å². The molecule has 2 aliphatic rings. The van der Waals surface area contributed by atoms with E-state index in [4.69, 9.17) is 0 Å². The Morgan fingerprint density at radius 3 is 2.21 bits per heavy atom. The molecule has 4 rings (SSSR count). The Bertz CT molecular complexity index is 890. The van der Waals surface area contributed by atoms with Crippen molar-refractivity contribution in [2.75, 3.05) is 0 Å². The fourth-order valence-electron chi connectivity index (χ4n) is 3.55. The fraction of sp³-hybridized carbons (Fsp3) is 0.143. The van der Waals surface area contributed by atoms with Gasteiger partial charge >= 0.3 is 0 Å². The molecule has 0 spiro atoms. The number of carbonyl (C=O) groups is 2. The highest BCUT2D eigenvalue weighted by Gasteiger charge is 2.38. The summed E-state index contributed by atoms with van der Waals surface area (Å²) in [6, 6.07) is 16.1. The third kappa shape index (κ3) is 2.17. The van der Waals surface area contributed by atoms with Gasteiger partial charge in [-0.1, -0.05) is 66.7 Å². The lowest BCUT2D eigenvalue weighted by atomic mass is 9.73. The number of aliphatic hydroxyl groups is 1. The lowest BCUT2D eigenvalue weighted by molar-refractivity contribution is 0.0928. The summed E-state index contributed by atoms with van der Waals surface area (Å²) in [6.45, 7) is 0. The number of allylic oxidation sites excluding steroid dienone is 2. The SMILES string of the molecule is O=C1C2=C(C(=O)c3ccccc31)[C@@H]([C@@H](O)c1ccccc1)C=CC2. The van der Waals surface area contributed by atoms with Crippen LogP contribution < -0.4 is 0 Å². The summed E-state index contributed by atoms with van der Waals surface area (Å²) >= 11 is 0. The summed E-state index contributed by atoms with van der Waals surface area (Å²) < 4.78 is 0. The van der Waals surface area contributed by atoms with E-state index in [1.54, 1.807) is 24.3 Å². The Morgan fingerprint density at radius 1 is 0.875 bits per heavy atom. The van der Waals surface area contributed by atoms with Crippen LogP contribution in [-0.2, 0) is 0 Å². The van der Waals surface area contributed by atoms with Crippen LogP contribution in [0.25, 0.3) is 0 Å². The van der Waals surface area contributed by atoms with Crippen molar-refractivity contribution < 1.29 is 14.7 Å². The number of rotatable bonds is 2. The maximum Gasteiger partial charge on any atom is 0.190 e.